The SMILES string of the molecule is Cc1ccc(Cn2c(Nc3ccc4cc(C)[nH]c4c3)nc(=O)n(CCC(=O)O)c2=O)cc1. The minimum absolute atomic E-state index is 0.0924. The van der Waals surface area contributed by atoms with Crippen molar-refractivity contribution < 1.29 is 9.90 Å². The lowest BCUT2D eigenvalue weighted by Gasteiger charge is -2.15. The number of nitrogens with zero attached hydrogens (tertiary/aromatic N) is 3. The van der Waals surface area contributed by atoms with Crippen molar-refractivity contribution in [3.63, 3.8) is 0 Å². The van der Waals surface area contributed by atoms with E-state index in [0.717, 1.165) is 32.3 Å². The lowest BCUT2D eigenvalue weighted by atomic mass is 10.1. The van der Waals surface area contributed by atoms with E-state index in [9.17, 15) is 14.4 Å². The third-order valence-electron chi connectivity index (χ3n) is 5.17. The zero-order valence-corrected chi connectivity index (χ0v) is 17.8. The van der Waals surface area contributed by atoms with E-state index in [1.165, 1.54) is 4.57 Å². The van der Waals surface area contributed by atoms with Crippen LogP contribution in [0.5, 0.6) is 0 Å². The van der Waals surface area contributed by atoms with Gasteiger partial charge >= 0.3 is 17.3 Å². The first-order valence-electron chi connectivity index (χ1n) is 10.2. The molecule has 0 aliphatic rings. The van der Waals surface area contributed by atoms with Gasteiger partial charge in [0.1, 0.15) is 0 Å². The molecule has 0 aliphatic heterocycles. The maximum Gasteiger partial charge on any atom is 0.354 e. The van der Waals surface area contributed by atoms with Crippen LogP contribution in [-0.2, 0) is 17.9 Å². The van der Waals surface area contributed by atoms with Crippen LogP contribution in [0.3, 0.4) is 0 Å². The quantitative estimate of drug-likeness (QED) is 0.412. The summed E-state index contributed by atoms with van der Waals surface area (Å²) in [5.74, 6) is -1.01. The molecule has 0 saturated heterocycles. The van der Waals surface area contributed by atoms with Gasteiger partial charge in [0, 0.05) is 23.4 Å². The Hall–Kier alpha value is -4.14. The number of aromatic amines is 1. The Balaban J connectivity index is 1.77. The Labute approximate surface area is 183 Å². The molecule has 0 amide bonds. The van der Waals surface area contributed by atoms with Crippen molar-refractivity contribution in [2.45, 2.75) is 33.4 Å². The molecule has 4 rings (SSSR count). The molecule has 9 nitrogen and oxygen atoms in total. The second-order valence-corrected chi connectivity index (χ2v) is 7.75. The van der Waals surface area contributed by atoms with Crippen LogP contribution >= 0.6 is 0 Å². The molecule has 0 fully saturated rings. The van der Waals surface area contributed by atoms with Crippen molar-refractivity contribution in [1.29, 1.82) is 0 Å². The molecule has 3 N–H and O–H groups in total. The van der Waals surface area contributed by atoms with Crippen molar-refractivity contribution >= 4 is 28.5 Å². The normalized spacial score (nSPS) is 11.1. The van der Waals surface area contributed by atoms with Gasteiger partial charge in [0.15, 0.2) is 0 Å². The lowest BCUT2D eigenvalue weighted by molar-refractivity contribution is -0.137. The van der Waals surface area contributed by atoms with Gasteiger partial charge in [-0.3, -0.25) is 9.36 Å². The topological polar surface area (TPSA) is 122 Å². The van der Waals surface area contributed by atoms with Gasteiger partial charge in [-0.25, -0.2) is 14.2 Å². The predicted octanol–water partition coefficient (Wildman–Crippen LogP) is 2.77. The smallest absolute Gasteiger partial charge is 0.354 e. The molecule has 2 heterocycles. The average molecular weight is 433 g/mol. The predicted molar refractivity (Wildman–Crippen MR) is 122 cm³/mol. The standard InChI is InChI=1S/C23H23N5O4/c1-14-3-5-16(6-4-14)13-28-21(26-22(31)27(23(28)32)10-9-20(29)30)25-18-8-7-17-11-15(2)24-19(17)12-18/h3-8,11-12,24H,9-10,13H2,1-2H3,(H,29,30)(H,25,26,31). The summed E-state index contributed by atoms with van der Waals surface area (Å²) in [6.45, 7) is 3.85. The van der Waals surface area contributed by atoms with Crippen LogP contribution < -0.4 is 16.7 Å². The summed E-state index contributed by atoms with van der Waals surface area (Å²) in [5, 5.41) is 13.1. The first-order valence-corrected chi connectivity index (χ1v) is 10.2. The van der Waals surface area contributed by atoms with E-state index in [0.29, 0.717) is 5.69 Å². The maximum absolute atomic E-state index is 13.1. The minimum Gasteiger partial charge on any atom is -0.481 e. The summed E-state index contributed by atoms with van der Waals surface area (Å²) in [4.78, 5) is 44.0. The number of aliphatic carboxylic acids is 1. The van der Waals surface area contributed by atoms with Gasteiger partial charge in [-0.15, -0.1) is 0 Å². The van der Waals surface area contributed by atoms with Crippen LogP contribution in [0.1, 0.15) is 23.2 Å². The highest BCUT2D eigenvalue weighted by atomic mass is 16.4. The largest absolute Gasteiger partial charge is 0.481 e. The number of carboxylic acid groups (broad SMARTS) is 1. The molecule has 4 aromatic rings. The van der Waals surface area contributed by atoms with Gasteiger partial charge in [-0.05, 0) is 43.0 Å². The van der Waals surface area contributed by atoms with Crippen molar-refractivity contribution in [2.75, 3.05) is 5.32 Å². The molecule has 0 atom stereocenters. The molecule has 0 aliphatic carbocycles. The molecule has 2 aromatic heterocycles. The molecule has 9 heteroatoms. The van der Waals surface area contributed by atoms with Gasteiger partial charge in [-0.1, -0.05) is 35.9 Å². The summed E-state index contributed by atoms with van der Waals surface area (Å²) < 4.78 is 2.20. The number of carbonyl (C=O) groups is 1. The third kappa shape index (κ3) is 4.46. The fourth-order valence-corrected chi connectivity index (χ4v) is 3.52. The minimum atomic E-state index is -1.10. The molecule has 0 saturated carbocycles. The number of hydrogen-bond donors (Lipinski definition) is 3. The Kier molecular flexibility index (Phi) is 5.63. The summed E-state index contributed by atoms with van der Waals surface area (Å²) >= 11 is 0. The highest BCUT2D eigenvalue weighted by molar-refractivity contribution is 5.84. The fourth-order valence-electron chi connectivity index (χ4n) is 3.52. The van der Waals surface area contributed by atoms with E-state index in [1.807, 2.05) is 62.4 Å². The number of benzene rings is 2. The number of anilines is 2. The molecule has 0 spiro atoms. The number of carboxylic acids is 1. The van der Waals surface area contributed by atoms with Crippen LogP contribution in [0.15, 0.2) is 58.1 Å². The first-order chi connectivity index (χ1) is 15.3. The second-order valence-electron chi connectivity index (χ2n) is 7.75. The van der Waals surface area contributed by atoms with E-state index in [2.05, 4.69) is 15.3 Å². The van der Waals surface area contributed by atoms with E-state index < -0.39 is 17.3 Å². The maximum atomic E-state index is 13.1. The molecule has 0 unspecified atom stereocenters. The lowest BCUT2D eigenvalue weighted by Crippen LogP contribution is -2.43. The van der Waals surface area contributed by atoms with E-state index in [1.54, 1.807) is 0 Å². The van der Waals surface area contributed by atoms with Gasteiger partial charge in [0.2, 0.25) is 5.95 Å². The van der Waals surface area contributed by atoms with Crippen LogP contribution in [0.2, 0.25) is 0 Å². The monoisotopic (exact) mass is 433 g/mol. The van der Waals surface area contributed by atoms with Gasteiger partial charge in [0.05, 0.1) is 13.0 Å². The number of rotatable bonds is 7. The highest BCUT2D eigenvalue weighted by Crippen LogP contribution is 2.22. The number of aromatic nitrogens is 4. The summed E-state index contributed by atoms with van der Waals surface area (Å²) in [5.41, 5.74) is 3.11. The zero-order chi connectivity index (χ0) is 22.8. The number of hydrogen-bond acceptors (Lipinski definition) is 5. The average Bonchev–Trinajstić information content (AvgIpc) is 3.11. The number of fused-ring (bicyclic) bond motifs is 1. The summed E-state index contributed by atoms with van der Waals surface area (Å²) in [6, 6.07) is 15.3. The Morgan fingerprint density at radius 3 is 2.53 bits per heavy atom. The van der Waals surface area contributed by atoms with E-state index in [4.69, 9.17) is 5.11 Å². The van der Waals surface area contributed by atoms with Gasteiger partial charge < -0.3 is 15.4 Å². The summed E-state index contributed by atoms with van der Waals surface area (Å²) in [6.07, 6.45) is -0.350. The third-order valence-corrected chi connectivity index (χ3v) is 5.17. The van der Waals surface area contributed by atoms with Gasteiger partial charge in [-0.2, -0.15) is 4.98 Å². The highest BCUT2D eigenvalue weighted by Gasteiger charge is 2.15. The zero-order valence-electron chi connectivity index (χ0n) is 17.8. The molecule has 0 bridgehead atoms. The molecule has 0 radical (unpaired) electrons. The van der Waals surface area contributed by atoms with E-state index >= 15 is 0 Å². The van der Waals surface area contributed by atoms with Crippen molar-refractivity contribution in [1.82, 2.24) is 19.1 Å². The van der Waals surface area contributed by atoms with E-state index in [-0.39, 0.29) is 25.5 Å². The van der Waals surface area contributed by atoms with Crippen molar-refractivity contribution in [3.8, 4) is 0 Å². The first kappa shape index (κ1) is 21.1. The number of H-pyrrole nitrogens is 1. The Morgan fingerprint density at radius 1 is 1.06 bits per heavy atom. The Morgan fingerprint density at radius 2 is 1.81 bits per heavy atom. The van der Waals surface area contributed by atoms with Crippen LogP contribution in [-0.4, -0.2) is 30.2 Å². The molecule has 164 valence electrons. The molecule has 32 heavy (non-hydrogen) atoms. The Bertz CT molecular complexity index is 1410. The molecular formula is C23H23N5O4. The van der Waals surface area contributed by atoms with Gasteiger partial charge in [0.25, 0.3) is 0 Å². The van der Waals surface area contributed by atoms with Crippen LogP contribution in [0.25, 0.3) is 10.9 Å². The summed E-state index contributed by atoms with van der Waals surface area (Å²) in [7, 11) is 0. The van der Waals surface area contributed by atoms with Crippen LogP contribution in [0.4, 0.5) is 11.6 Å². The van der Waals surface area contributed by atoms with Crippen molar-refractivity contribution in [2.24, 2.45) is 0 Å². The van der Waals surface area contributed by atoms with Crippen LogP contribution in [0, 0.1) is 13.8 Å². The number of aryl methyl sites for hydroxylation is 2. The fraction of sp³-hybridized carbons (Fsp3) is 0.217. The molecular weight excluding hydrogens is 410 g/mol. The van der Waals surface area contributed by atoms with Crippen molar-refractivity contribution in [3.05, 3.63) is 86.3 Å². The number of nitrogens with one attached hydrogen (secondary N) is 2. The molecule has 2 aromatic carbocycles. The second kappa shape index (κ2) is 8.54.